The highest BCUT2D eigenvalue weighted by atomic mass is 35.5. The second kappa shape index (κ2) is 7.81. The average Bonchev–Trinajstić information content (AvgIpc) is 3.19. The van der Waals surface area contributed by atoms with Crippen molar-refractivity contribution in [1.29, 1.82) is 0 Å². The highest BCUT2D eigenvalue weighted by Crippen LogP contribution is 2.46. The number of aromatic nitrogens is 3. The summed E-state index contributed by atoms with van der Waals surface area (Å²) in [5.41, 5.74) is 0.762. The van der Waals surface area contributed by atoms with E-state index in [0.29, 0.717) is 18.2 Å². The SMILES string of the molecule is C[C@H]1COCCN1c1cc(C2(S(=O)c3ccccn3)CCCC2)nc(Cl)n1. The third-order valence-corrected chi connectivity index (χ3v) is 7.53. The molecule has 0 N–H and O–H groups in total. The molecule has 2 aliphatic rings. The normalized spacial score (nSPS) is 23.3. The van der Waals surface area contributed by atoms with Crippen LogP contribution in [0.5, 0.6) is 0 Å². The van der Waals surface area contributed by atoms with Gasteiger partial charge in [0.25, 0.3) is 0 Å². The van der Waals surface area contributed by atoms with Gasteiger partial charge in [0, 0.05) is 18.8 Å². The Morgan fingerprint density at radius 1 is 1.30 bits per heavy atom. The molecule has 0 spiro atoms. The molecule has 8 heteroatoms. The molecule has 1 saturated heterocycles. The predicted molar refractivity (Wildman–Crippen MR) is 105 cm³/mol. The lowest BCUT2D eigenvalue weighted by Gasteiger charge is -2.35. The van der Waals surface area contributed by atoms with Gasteiger partial charge in [-0.1, -0.05) is 18.9 Å². The molecule has 0 radical (unpaired) electrons. The van der Waals surface area contributed by atoms with Crippen LogP contribution >= 0.6 is 11.6 Å². The zero-order valence-corrected chi connectivity index (χ0v) is 16.9. The van der Waals surface area contributed by atoms with Crippen LogP contribution in [-0.2, 0) is 20.3 Å². The van der Waals surface area contributed by atoms with E-state index in [1.807, 2.05) is 24.3 Å². The number of ether oxygens (including phenoxy) is 1. The number of rotatable bonds is 4. The molecular weight excluding hydrogens is 384 g/mol. The van der Waals surface area contributed by atoms with Gasteiger partial charge >= 0.3 is 0 Å². The van der Waals surface area contributed by atoms with Crippen molar-refractivity contribution < 1.29 is 8.95 Å². The summed E-state index contributed by atoms with van der Waals surface area (Å²) in [6, 6.07) is 7.71. The number of nitrogens with zero attached hydrogens (tertiary/aromatic N) is 4. The van der Waals surface area contributed by atoms with Gasteiger partial charge in [-0.05, 0) is 43.5 Å². The molecular formula is C19H23ClN4O2S. The number of anilines is 1. The van der Waals surface area contributed by atoms with Crippen LogP contribution in [0.3, 0.4) is 0 Å². The first kappa shape index (κ1) is 18.8. The van der Waals surface area contributed by atoms with E-state index in [9.17, 15) is 4.21 Å². The summed E-state index contributed by atoms with van der Waals surface area (Å²) < 4.78 is 18.5. The third kappa shape index (κ3) is 3.60. The molecule has 2 fully saturated rings. The molecule has 1 aliphatic carbocycles. The summed E-state index contributed by atoms with van der Waals surface area (Å²) in [7, 11) is -1.30. The molecule has 0 aromatic carbocycles. The summed E-state index contributed by atoms with van der Waals surface area (Å²) in [4.78, 5) is 15.5. The molecule has 4 rings (SSSR count). The fourth-order valence-electron chi connectivity index (χ4n) is 3.99. The van der Waals surface area contributed by atoms with Gasteiger partial charge in [-0.25, -0.2) is 15.0 Å². The fourth-order valence-corrected chi connectivity index (χ4v) is 5.88. The van der Waals surface area contributed by atoms with Crippen molar-refractivity contribution in [2.75, 3.05) is 24.7 Å². The molecule has 0 bridgehead atoms. The van der Waals surface area contributed by atoms with Gasteiger partial charge in [-0.15, -0.1) is 0 Å². The standard InChI is InChI=1S/C19H23ClN4O2S/c1-14-13-26-11-10-24(14)16-12-15(22-18(20)23-16)19(7-3-4-8-19)27(25)17-6-2-5-9-21-17/h2,5-6,9,12,14H,3-4,7-8,10-11,13H2,1H3/t14-,27?/m0/s1. The maximum Gasteiger partial charge on any atom is 0.224 e. The van der Waals surface area contributed by atoms with Crippen LogP contribution in [0.4, 0.5) is 5.82 Å². The zero-order valence-electron chi connectivity index (χ0n) is 15.3. The smallest absolute Gasteiger partial charge is 0.224 e. The highest BCUT2D eigenvalue weighted by Gasteiger charge is 2.44. The van der Waals surface area contributed by atoms with Crippen LogP contribution in [0.1, 0.15) is 38.3 Å². The van der Waals surface area contributed by atoms with E-state index >= 15 is 0 Å². The Kier molecular flexibility index (Phi) is 5.43. The van der Waals surface area contributed by atoms with E-state index in [2.05, 4.69) is 26.8 Å². The van der Waals surface area contributed by atoms with Crippen LogP contribution in [0.25, 0.3) is 0 Å². The lowest BCUT2D eigenvalue weighted by Crippen LogP contribution is -2.44. The van der Waals surface area contributed by atoms with Gasteiger partial charge < -0.3 is 9.64 Å². The van der Waals surface area contributed by atoms with Crippen molar-refractivity contribution in [1.82, 2.24) is 15.0 Å². The third-order valence-electron chi connectivity index (χ3n) is 5.41. The Labute approximate surface area is 166 Å². The Morgan fingerprint density at radius 2 is 2.11 bits per heavy atom. The van der Waals surface area contributed by atoms with Gasteiger partial charge in [-0.2, -0.15) is 0 Å². The van der Waals surface area contributed by atoms with Crippen molar-refractivity contribution in [3.8, 4) is 0 Å². The Morgan fingerprint density at radius 3 is 2.81 bits per heavy atom. The number of pyridine rings is 1. The Balaban J connectivity index is 1.76. The number of hydrogen-bond donors (Lipinski definition) is 0. The van der Waals surface area contributed by atoms with Crippen molar-refractivity contribution in [2.45, 2.75) is 48.4 Å². The largest absolute Gasteiger partial charge is 0.377 e. The summed E-state index contributed by atoms with van der Waals surface area (Å²) in [6.45, 7) is 4.17. The second-order valence-corrected chi connectivity index (χ2v) is 9.21. The van der Waals surface area contributed by atoms with Crippen molar-refractivity contribution >= 4 is 28.2 Å². The average molecular weight is 407 g/mol. The quantitative estimate of drug-likeness (QED) is 0.725. The van der Waals surface area contributed by atoms with Crippen LogP contribution in [0.15, 0.2) is 35.5 Å². The summed E-state index contributed by atoms with van der Waals surface area (Å²) in [5, 5.41) is 0.793. The minimum absolute atomic E-state index is 0.200. The van der Waals surface area contributed by atoms with Gasteiger partial charge in [0.05, 0.1) is 40.5 Å². The van der Waals surface area contributed by atoms with Crippen molar-refractivity contribution in [2.24, 2.45) is 0 Å². The minimum atomic E-state index is -1.30. The van der Waals surface area contributed by atoms with E-state index in [0.717, 1.165) is 43.7 Å². The van der Waals surface area contributed by atoms with E-state index in [4.69, 9.17) is 16.3 Å². The molecule has 27 heavy (non-hydrogen) atoms. The summed E-state index contributed by atoms with van der Waals surface area (Å²) in [5.74, 6) is 0.782. The van der Waals surface area contributed by atoms with Crippen molar-refractivity contribution in [3.63, 3.8) is 0 Å². The molecule has 6 nitrogen and oxygen atoms in total. The predicted octanol–water partition coefficient (Wildman–Crippen LogP) is 3.33. The molecule has 3 heterocycles. The van der Waals surface area contributed by atoms with Crippen LogP contribution in [0.2, 0.25) is 5.28 Å². The zero-order chi connectivity index (χ0) is 18.9. The molecule has 1 aliphatic heterocycles. The van der Waals surface area contributed by atoms with Crippen LogP contribution in [-0.4, -0.2) is 45.0 Å². The first-order valence-electron chi connectivity index (χ1n) is 9.32. The molecule has 2 aromatic heterocycles. The number of morpholine rings is 1. The molecule has 2 atom stereocenters. The van der Waals surface area contributed by atoms with E-state index in [1.54, 1.807) is 6.20 Å². The van der Waals surface area contributed by atoms with Crippen molar-refractivity contribution in [3.05, 3.63) is 41.4 Å². The molecule has 1 saturated carbocycles. The molecule has 144 valence electrons. The first-order valence-corrected chi connectivity index (χ1v) is 10.9. The fraction of sp³-hybridized carbons (Fsp3) is 0.526. The van der Waals surface area contributed by atoms with E-state index in [-0.39, 0.29) is 11.3 Å². The molecule has 1 unspecified atom stereocenters. The Bertz CT molecular complexity index is 830. The lowest BCUT2D eigenvalue weighted by molar-refractivity contribution is 0.0985. The number of hydrogen-bond acceptors (Lipinski definition) is 6. The molecule has 0 amide bonds. The maximum atomic E-state index is 13.5. The van der Waals surface area contributed by atoms with Gasteiger partial charge in [0.15, 0.2) is 0 Å². The van der Waals surface area contributed by atoms with Gasteiger partial charge in [0.1, 0.15) is 10.8 Å². The van der Waals surface area contributed by atoms with Crippen LogP contribution < -0.4 is 4.90 Å². The Hall–Kier alpha value is -1.57. The monoisotopic (exact) mass is 406 g/mol. The maximum absolute atomic E-state index is 13.5. The summed E-state index contributed by atoms with van der Waals surface area (Å²) >= 11 is 6.31. The van der Waals surface area contributed by atoms with Gasteiger partial charge in [-0.3, -0.25) is 4.21 Å². The van der Waals surface area contributed by atoms with E-state index in [1.165, 1.54) is 0 Å². The van der Waals surface area contributed by atoms with Gasteiger partial charge in [0.2, 0.25) is 5.28 Å². The lowest BCUT2D eigenvalue weighted by atomic mass is 10.0. The minimum Gasteiger partial charge on any atom is -0.377 e. The highest BCUT2D eigenvalue weighted by molar-refractivity contribution is 7.86. The molecule has 2 aromatic rings. The van der Waals surface area contributed by atoms with E-state index < -0.39 is 15.5 Å². The first-order chi connectivity index (χ1) is 13.1. The van der Waals surface area contributed by atoms with Crippen LogP contribution in [0, 0.1) is 0 Å². The summed E-state index contributed by atoms with van der Waals surface area (Å²) in [6.07, 6.45) is 5.33. The second-order valence-electron chi connectivity index (χ2n) is 7.14. The number of halogens is 1. The topological polar surface area (TPSA) is 68.2 Å².